The number of rotatable bonds is 1. The Morgan fingerprint density at radius 3 is 2.00 bits per heavy atom. The second-order valence-electron chi connectivity index (χ2n) is 0.576. The minimum Gasteiger partial charge on any atom is -0.617 e. The quantitative estimate of drug-likeness (QED) is 0.241. The van der Waals surface area contributed by atoms with Crippen LogP contribution in [0.25, 0.3) is 0 Å². The van der Waals surface area contributed by atoms with Crippen LogP contribution in [-0.4, -0.2) is 7.11 Å². The van der Waals surface area contributed by atoms with E-state index >= 15 is 0 Å². The summed E-state index contributed by atoms with van der Waals surface area (Å²) in [5.74, 6) is -0.495. The minimum absolute atomic E-state index is 0. The molecule has 0 N–H and O–H groups in total. The minimum atomic E-state index is -0.495. The van der Waals surface area contributed by atoms with Crippen molar-refractivity contribution in [1.29, 1.82) is 0 Å². The van der Waals surface area contributed by atoms with Gasteiger partial charge >= 0.3 is 18.9 Å². The summed E-state index contributed by atoms with van der Waals surface area (Å²) in [6.45, 7) is 2.90. The van der Waals surface area contributed by atoms with Crippen LogP contribution < -0.4 is 24.0 Å². The molecule has 0 atom stereocenters. The Morgan fingerprint density at radius 2 is 2.00 bits per heavy atom. The van der Waals surface area contributed by atoms with Gasteiger partial charge in [0.05, 0.1) is 0 Å². The molecule has 2 nitrogen and oxygen atoms in total. The summed E-state index contributed by atoms with van der Waals surface area (Å²) in [6.07, 6.45) is 0. The fraction of sp³-hybridized carbons (Fsp3) is 0.333. The Labute approximate surface area is 49.0 Å². The molecule has 0 fully saturated rings. The SMILES string of the molecule is C=C([O-])OC.[Li+]. The third-order valence-corrected chi connectivity index (χ3v) is 0.228. The fourth-order valence-corrected chi connectivity index (χ4v) is 0. The zero-order valence-corrected chi connectivity index (χ0v) is 4.02. The molecule has 0 spiro atoms. The van der Waals surface area contributed by atoms with E-state index in [1.165, 1.54) is 7.11 Å². The largest absolute Gasteiger partial charge is 1.00 e. The maximum absolute atomic E-state index is 9.48. The molecule has 0 aliphatic rings. The van der Waals surface area contributed by atoms with Gasteiger partial charge in [0, 0.05) is 5.95 Å². The van der Waals surface area contributed by atoms with E-state index in [-0.39, 0.29) is 18.9 Å². The summed E-state index contributed by atoms with van der Waals surface area (Å²) < 4.78 is 4.00. The van der Waals surface area contributed by atoms with Gasteiger partial charge in [0.15, 0.2) is 0 Å². The third-order valence-electron chi connectivity index (χ3n) is 0.228. The van der Waals surface area contributed by atoms with E-state index < -0.39 is 5.95 Å². The fourth-order valence-electron chi connectivity index (χ4n) is 0. The second kappa shape index (κ2) is 4.94. The van der Waals surface area contributed by atoms with Crippen molar-refractivity contribution in [3.8, 4) is 0 Å². The van der Waals surface area contributed by atoms with Crippen LogP contribution in [0.15, 0.2) is 12.5 Å². The standard InChI is InChI=1S/C3H6O2.Li/c1-3(4)5-2;/h4H,1H2,2H3;/q;+1/p-1. The van der Waals surface area contributed by atoms with Crippen LogP contribution in [0.1, 0.15) is 0 Å². The van der Waals surface area contributed by atoms with Crippen LogP contribution in [0.5, 0.6) is 0 Å². The van der Waals surface area contributed by atoms with E-state index in [1.54, 1.807) is 0 Å². The van der Waals surface area contributed by atoms with Crippen LogP contribution in [0.4, 0.5) is 0 Å². The van der Waals surface area contributed by atoms with Gasteiger partial charge in [-0.15, -0.1) is 0 Å². The Morgan fingerprint density at radius 1 is 1.83 bits per heavy atom. The molecule has 0 radical (unpaired) electrons. The molecule has 6 heavy (non-hydrogen) atoms. The molecular formula is C3H5LiO2. The van der Waals surface area contributed by atoms with Crippen LogP contribution in [0.2, 0.25) is 0 Å². The van der Waals surface area contributed by atoms with Crippen LogP contribution >= 0.6 is 0 Å². The average molecular weight is 80.0 g/mol. The Balaban J connectivity index is 0. The normalized spacial score (nSPS) is 5.50. The van der Waals surface area contributed by atoms with Crippen LogP contribution in [0.3, 0.4) is 0 Å². The van der Waals surface area contributed by atoms with E-state index in [0.29, 0.717) is 0 Å². The molecule has 0 aliphatic carbocycles. The van der Waals surface area contributed by atoms with Gasteiger partial charge in [-0.05, 0) is 7.11 Å². The molecule has 0 saturated carbocycles. The molecule has 0 amide bonds. The molecule has 0 saturated heterocycles. The first-order valence-corrected chi connectivity index (χ1v) is 1.17. The molecule has 0 heterocycles. The summed E-state index contributed by atoms with van der Waals surface area (Å²) in [4.78, 5) is 0. The maximum Gasteiger partial charge on any atom is 1.00 e. The van der Waals surface area contributed by atoms with Crippen molar-refractivity contribution in [3.63, 3.8) is 0 Å². The van der Waals surface area contributed by atoms with Crippen molar-refractivity contribution < 1.29 is 28.7 Å². The van der Waals surface area contributed by atoms with Crippen molar-refractivity contribution in [2.75, 3.05) is 7.11 Å². The monoisotopic (exact) mass is 80.0 g/mol. The van der Waals surface area contributed by atoms with E-state index in [0.717, 1.165) is 0 Å². The van der Waals surface area contributed by atoms with Gasteiger partial charge < -0.3 is 9.84 Å². The van der Waals surface area contributed by atoms with E-state index in [2.05, 4.69) is 11.3 Å². The molecule has 0 unspecified atom stereocenters. The van der Waals surface area contributed by atoms with Crippen molar-refractivity contribution in [2.24, 2.45) is 0 Å². The maximum atomic E-state index is 9.48. The molecule has 0 aliphatic heterocycles. The number of hydrogen-bond donors (Lipinski definition) is 0. The Hall–Kier alpha value is -0.0626. The molecule has 0 rings (SSSR count). The smallest absolute Gasteiger partial charge is 0.617 e. The first-order valence-electron chi connectivity index (χ1n) is 1.17. The van der Waals surface area contributed by atoms with Gasteiger partial charge in [-0.2, -0.15) is 0 Å². The molecule has 0 aromatic carbocycles. The van der Waals surface area contributed by atoms with E-state index in [4.69, 9.17) is 0 Å². The Bertz CT molecular complexity index is 44.1. The zero-order valence-electron chi connectivity index (χ0n) is 4.02. The van der Waals surface area contributed by atoms with Crippen LogP contribution in [0, 0.1) is 0 Å². The predicted molar refractivity (Wildman–Crippen MR) is 16.1 cm³/mol. The number of hydrogen-bond acceptors (Lipinski definition) is 2. The van der Waals surface area contributed by atoms with Crippen molar-refractivity contribution >= 4 is 0 Å². The summed E-state index contributed by atoms with van der Waals surface area (Å²) in [5, 5.41) is 9.48. The van der Waals surface area contributed by atoms with E-state index in [1.807, 2.05) is 0 Å². The summed E-state index contributed by atoms with van der Waals surface area (Å²) in [5.41, 5.74) is 0. The van der Waals surface area contributed by atoms with Gasteiger partial charge in [-0.3, -0.25) is 0 Å². The Kier molecular flexibility index (Phi) is 7.68. The molecule has 30 valence electrons. The van der Waals surface area contributed by atoms with Gasteiger partial charge in [-0.25, -0.2) is 0 Å². The van der Waals surface area contributed by atoms with Crippen molar-refractivity contribution in [3.05, 3.63) is 12.5 Å². The van der Waals surface area contributed by atoms with E-state index in [9.17, 15) is 5.11 Å². The molecule has 0 aromatic rings. The second-order valence-corrected chi connectivity index (χ2v) is 0.576. The van der Waals surface area contributed by atoms with Gasteiger partial charge in [0.25, 0.3) is 0 Å². The molecule has 0 bridgehead atoms. The number of methoxy groups -OCH3 is 1. The first kappa shape index (κ1) is 9.34. The molecule has 3 heteroatoms. The van der Waals surface area contributed by atoms with Crippen molar-refractivity contribution in [1.82, 2.24) is 0 Å². The average Bonchev–Trinajstić information content (AvgIpc) is 1.38. The van der Waals surface area contributed by atoms with Gasteiger partial charge in [0.2, 0.25) is 0 Å². The van der Waals surface area contributed by atoms with Crippen LogP contribution in [-0.2, 0) is 4.74 Å². The summed E-state index contributed by atoms with van der Waals surface area (Å²) >= 11 is 0. The molecular weight excluding hydrogens is 75.0 g/mol. The topological polar surface area (TPSA) is 32.3 Å². The number of ether oxygens (including phenoxy) is 1. The van der Waals surface area contributed by atoms with Gasteiger partial charge in [-0.1, -0.05) is 6.58 Å². The summed E-state index contributed by atoms with van der Waals surface area (Å²) in [6, 6.07) is 0. The van der Waals surface area contributed by atoms with Gasteiger partial charge in [0.1, 0.15) is 0 Å². The molecule has 0 aromatic heterocycles. The first-order chi connectivity index (χ1) is 2.27. The zero-order chi connectivity index (χ0) is 4.28. The summed E-state index contributed by atoms with van der Waals surface area (Å²) in [7, 11) is 1.29. The third kappa shape index (κ3) is 9.05. The predicted octanol–water partition coefficient (Wildman–Crippen LogP) is -3.53. The van der Waals surface area contributed by atoms with Crippen molar-refractivity contribution in [2.45, 2.75) is 0 Å².